The fraction of sp³-hybridized carbons (Fsp3) is 0.405. The number of rotatable bonds is 8. The van der Waals surface area contributed by atoms with Crippen LogP contribution in [0.25, 0.3) is 0 Å². The minimum atomic E-state index is -0.600. The Balaban J connectivity index is 1.65. The van der Waals surface area contributed by atoms with Crippen molar-refractivity contribution in [2.24, 2.45) is 0 Å². The maximum atomic E-state index is 14.3. The van der Waals surface area contributed by atoms with Crippen molar-refractivity contribution in [3.05, 3.63) is 94.7 Å². The zero-order chi connectivity index (χ0) is 30.7. The molecule has 1 N–H and O–H groups in total. The number of carbonyl (C=O) groups is 2. The summed E-state index contributed by atoms with van der Waals surface area (Å²) in [6.07, 6.45) is 4.26. The normalized spacial score (nSPS) is 18.4. The van der Waals surface area contributed by atoms with Crippen LogP contribution in [-0.4, -0.2) is 25.9 Å². The molecule has 0 fully saturated rings. The number of ketones is 1. The van der Waals surface area contributed by atoms with E-state index in [2.05, 4.69) is 57.3 Å². The largest absolute Gasteiger partial charge is 0.493 e. The molecule has 1 aliphatic heterocycles. The van der Waals surface area contributed by atoms with Crippen LogP contribution in [0.3, 0.4) is 0 Å². The van der Waals surface area contributed by atoms with Gasteiger partial charge in [-0.15, -0.1) is 0 Å². The van der Waals surface area contributed by atoms with Crippen molar-refractivity contribution in [3.8, 4) is 11.5 Å². The van der Waals surface area contributed by atoms with Gasteiger partial charge in [-0.2, -0.15) is 0 Å². The van der Waals surface area contributed by atoms with Crippen molar-refractivity contribution in [2.75, 3.05) is 24.4 Å². The van der Waals surface area contributed by atoms with Crippen molar-refractivity contribution >= 4 is 23.1 Å². The van der Waals surface area contributed by atoms with Crippen molar-refractivity contribution in [3.63, 3.8) is 0 Å². The fourth-order valence-corrected chi connectivity index (χ4v) is 6.34. The number of carbonyl (C=O) groups excluding carboxylic acids is 2. The lowest BCUT2D eigenvalue weighted by atomic mass is 9.77. The highest BCUT2D eigenvalue weighted by Gasteiger charge is 2.41. The second-order valence-electron chi connectivity index (χ2n) is 12.7. The summed E-state index contributed by atoms with van der Waals surface area (Å²) < 4.78 is 11.2. The number of nitrogens with zero attached hydrogens (tertiary/aromatic N) is 1. The molecule has 0 aromatic heterocycles. The predicted molar refractivity (Wildman–Crippen MR) is 173 cm³/mol. The fourth-order valence-electron chi connectivity index (χ4n) is 6.34. The first kappa shape index (κ1) is 30.4. The lowest BCUT2D eigenvalue weighted by molar-refractivity contribution is -0.119. The van der Waals surface area contributed by atoms with Crippen LogP contribution in [-0.2, 0) is 15.0 Å². The molecule has 1 aliphatic carbocycles. The third kappa shape index (κ3) is 6.20. The SMILES string of the molecule is CCCCCC(=O)N1c2ccccc2NC2=C(C(=O)C[C@H](c3ccc(C(C)(C)C)cc3)C2)[C@@H]1c1ccc(OC)c(OC)c1. The number of hydrogen-bond donors (Lipinski definition) is 1. The van der Waals surface area contributed by atoms with Gasteiger partial charge in [-0.3, -0.25) is 14.5 Å². The van der Waals surface area contributed by atoms with Gasteiger partial charge >= 0.3 is 0 Å². The molecule has 2 aliphatic rings. The van der Waals surface area contributed by atoms with Gasteiger partial charge in [0.1, 0.15) is 0 Å². The van der Waals surface area contributed by atoms with E-state index in [9.17, 15) is 9.59 Å². The molecule has 0 spiro atoms. The average Bonchev–Trinajstić information content (AvgIpc) is 3.15. The number of hydrogen-bond acceptors (Lipinski definition) is 5. The molecule has 3 aromatic carbocycles. The number of ether oxygens (including phenoxy) is 2. The molecule has 1 amide bonds. The van der Waals surface area contributed by atoms with E-state index in [1.54, 1.807) is 14.2 Å². The molecule has 226 valence electrons. The van der Waals surface area contributed by atoms with Gasteiger partial charge in [0.15, 0.2) is 17.3 Å². The number of nitrogens with one attached hydrogen (secondary N) is 1. The van der Waals surface area contributed by atoms with Crippen LogP contribution in [0.1, 0.15) is 94.9 Å². The Morgan fingerprint density at radius 1 is 0.907 bits per heavy atom. The number of amides is 1. The summed E-state index contributed by atoms with van der Waals surface area (Å²) in [6.45, 7) is 8.76. The maximum absolute atomic E-state index is 14.3. The third-order valence-corrected chi connectivity index (χ3v) is 8.72. The molecule has 0 unspecified atom stereocenters. The highest BCUT2D eigenvalue weighted by Crippen LogP contribution is 2.48. The van der Waals surface area contributed by atoms with Crippen LogP contribution in [0.4, 0.5) is 11.4 Å². The first-order chi connectivity index (χ1) is 20.7. The van der Waals surface area contributed by atoms with Crippen LogP contribution < -0.4 is 19.7 Å². The van der Waals surface area contributed by atoms with E-state index < -0.39 is 6.04 Å². The van der Waals surface area contributed by atoms with Gasteiger partial charge in [0, 0.05) is 24.1 Å². The van der Waals surface area contributed by atoms with E-state index in [0.29, 0.717) is 36.3 Å². The molecule has 1 heterocycles. The number of allylic oxidation sites excluding steroid dienone is 1. The molecule has 0 saturated carbocycles. The molecule has 0 radical (unpaired) electrons. The first-order valence-corrected chi connectivity index (χ1v) is 15.4. The summed E-state index contributed by atoms with van der Waals surface area (Å²) in [5, 5.41) is 3.64. The van der Waals surface area contributed by atoms with Crippen molar-refractivity contribution in [1.82, 2.24) is 0 Å². The Bertz CT molecular complexity index is 1520. The average molecular weight is 581 g/mol. The standard InChI is InChI=1S/C37H44N2O4/c1-7-8-9-14-34(41)39-30-13-11-10-12-28(30)38-29-21-26(24-15-18-27(19-16-24)37(2,3)4)22-31(40)35(29)36(39)25-17-20-32(42-5)33(23-25)43-6/h10-13,15-20,23,26,36,38H,7-9,14,21-22H2,1-6H3/t26-,36+/m1/s1. The quantitative estimate of drug-likeness (QED) is 0.271. The number of Topliss-reactive ketones (excluding diaryl/α,β-unsaturated/α-hetero) is 1. The number of methoxy groups -OCH3 is 2. The first-order valence-electron chi connectivity index (χ1n) is 15.4. The van der Waals surface area contributed by atoms with Crippen LogP contribution in [0.5, 0.6) is 11.5 Å². The summed E-state index contributed by atoms with van der Waals surface area (Å²) in [7, 11) is 3.21. The lowest BCUT2D eigenvalue weighted by Gasteiger charge is -2.35. The van der Waals surface area contributed by atoms with E-state index >= 15 is 0 Å². The highest BCUT2D eigenvalue weighted by molar-refractivity contribution is 6.06. The maximum Gasteiger partial charge on any atom is 0.227 e. The Labute approximate surface area is 256 Å². The molecular formula is C37H44N2O4. The van der Waals surface area contributed by atoms with Gasteiger partial charge in [0.25, 0.3) is 0 Å². The Hall–Kier alpha value is -4.06. The molecule has 6 nitrogen and oxygen atoms in total. The smallest absolute Gasteiger partial charge is 0.227 e. The van der Waals surface area contributed by atoms with Gasteiger partial charge in [-0.1, -0.05) is 83.0 Å². The molecule has 0 bridgehead atoms. The van der Waals surface area contributed by atoms with Crippen molar-refractivity contribution in [1.29, 1.82) is 0 Å². The zero-order valence-electron chi connectivity index (χ0n) is 26.3. The van der Waals surface area contributed by atoms with E-state index in [1.807, 2.05) is 47.4 Å². The predicted octanol–water partition coefficient (Wildman–Crippen LogP) is 8.48. The molecule has 6 heteroatoms. The topological polar surface area (TPSA) is 67.9 Å². The van der Waals surface area contributed by atoms with Gasteiger partial charge < -0.3 is 14.8 Å². The highest BCUT2D eigenvalue weighted by atomic mass is 16.5. The van der Waals surface area contributed by atoms with E-state index in [4.69, 9.17) is 9.47 Å². The van der Waals surface area contributed by atoms with E-state index in [1.165, 1.54) is 5.56 Å². The van der Waals surface area contributed by atoms with Crippen LogP contribution >= 0.6 is 0 Å². The third-order valence-electron chi connectivity index (χ3n) is 8.72. The van der Waals surface area contributed by atoms with Crippen molar-refractivity contribution in [2.45, 2.75) is 83.6 Å². The van der Waals surface area contributed by atoms with Gasteiger partial charge in [-0.05, 0) is 65.1 Å². The molecular weight excluding hydrogens is 536 g/mol. The van der Waals surface area contributed by atoms with Crippen LogP contribution in [0.15, 0.2) is 78.0 Å². The van der Waals surface area contributed by atoms with Gasteiger partial charge in [0.05, 0.1) is 31.6 Å². The van der Waals surface area contributed by atoms with Gasteiger partial charge in [-0.25, -0.2) is 0 Å². The van der Waals surface area contributed by atoms with Crippen LogP contribution in [0.2, 0.25) is 0 Å². The van der Waals surface area contributed by atoms with Gasteiger partial charge in [0.2, 0.25) is 5.91 Å². The molecule has 5 rings (SSSR count). The molecule has 0 saturated heterocycles. The minimum absolute atomic E-state index is 0.00364. The zero-order valence-corrected chi connectivity index (χ0v) is 26.3. The summed E-state index contributed by atoms with van der Waals surface area (Å²) in [5.74, 6) is 1.26. The second kappa shape index (κ2) is 12.7. The van der Waals surface area contributed by atoms with Crippen molar-refractivity contribution < 1.29 is 19.1 Å². The number of benzene rings is 3. The summed E-state index contributed by atoms with van der Waals surface area (Å²) in [6, 6.07) is 21.7. The number of fused-ring (bicyclic) bond motifs is 1. The lowest BCUT2D eigenvalue weighted by Crippen LogP contribution is -2.38. The Morgan fingerprint density at radius 3 is 2.28 bits per heavy atom. The number of unbranched alkanes of at least 4 members (excludes halogenated alkanes) is 2. The van der Waals surface area contributed by atoms with E-state index in [-0.39, 0.29) is 23.0 Å². The monoisotopic (exact) mass is 580 g/mol. The minimum Gasteiger partial charge on any atom is -0.493 e. The second-order valence-corrected chi connectivity index (χ2v) is 12.7. The Kier molecular flexibility index (Phi) is 8.95. The summed E-state index contributed by atoms with van der Waals surface area (Å²) >= 11 is 0. The Morgan fingerprint density at radius 2 is 1.60 bits per heavy atom. The molecule has 2 atom stereocenters. The molecule has 3 aromatic rings. The van der Waals surface area contributed by atoms with E-state index in [0.717, 1.165) is 47.5 Å². The number of para-hydroxylation sites is 2. The molecule has 43 heavy (non-hydrogen) atoms. The summed E-state index contributed by atoms with van der Waals surface area (Å²) in [4.78, 5) is 30.3. The summed E-state index contributed by atoms with van der Waals surface area (Å²) in [5.41, 5.74) is 6.42. The van der Waals surface area contributed by atoms with Crippen LogP contribution in [0, 0.1) is 0 Å². The number of anilines is 2.